The van der Waals surface area contributed by atoms with Crippen LogP contribution in [0.1, 0.15) is 21.5 Å². The predicted molar refractivity (Wildman–Crippen MR) is 120 cm³/mol. The monoisotopic (exact) mass is 455 g/mol. The van der Waals surface area contributed by atoms with Gasteiger partial charge in [0.2, 0.25) is 5.91 Å². The highest BCUT2D eigenvalue weighted by Gasteiger charge is 2.16. The van der Waals surface area contributed by atoms with Gasteiger partial charge in [-0.3, -0.25) is 30.6 Å². The third-order valence-corrected chi connectivity index (χ3v) is 5.63. The molecule has 3 rings (SSSR count). The highest BCUT2D eigenvalue weighted by molar-refractivity contribution is 7.98. The topological polar surface area (TPSA) is 101 Å². The van der Waals surface area contributed by atoms with Crippen LogP contribution in [-0.4, -0.2) is 16.7 Å². The lowest BCUT2D eigenvalue weighted by molar-refractivity contribution is -0.385. The molecule has 0 radical (unpaired) electrons. The number of hydrazine groups is 1. The van der Waals surface area contributed by atoms with Gasteiger partial charge < -0.3 is 0 Å². The van der Waals surface area contributed by atoms with E-state index in [1.54, 1.807) is 30.0 Å². The fraction of sp³-hybridized carbons (Fsp3) is 0.0909. The number of rotatable bonds is 7. The number of carbonyl (C=O) groups excluding carboxylic acids is 2. The number of nitro groups is 1. The molecule has 0 atom stereocenters. The van der Waals surface area contributed by atoms with Crippen molar-refractivity contribution in [3.05, 3.63) is 105 Å². The van der Waals surface area contributed by atoms with Crippen LogP contribution in [-0.2, 0) is 17.0 Å². The Morgan fingerprint density at radius 2 is 1.61 bits per heavy atom. The molecule has 0 aliphatic rings. The highest BCUT2D eigenvalue weighted by Crippen LogP contribution is 2.24. The number of halogens is 1. The molecule has 158 valence electrons. The standard InChI is InChI=1S/C22H18ClN3O4S/c23-18-9-11-19(12-10-18)31-14-15-5-7-16(8-6-15)22(28)25-24-21(27)13-17-3-1-2-4-20(17)26(29)30/h1-12H,13-14H2,(H,24,27)(H,25,28). The molecule has 9 heteroatoms. The molecule has 0 fully saturated rings. The van der Waals surface area contributed by atoms with Gasteiger partial charge in [0, 0.05) is 32.9 Å². The lowest BCUT2D eigenvalue weighted by Crippen LogP contribution is -2.42. The molecule has 0 aromatic heterocycles. The number of carbonyl (C=O) groups is 2. The Bertz CT molecular complexity index is 1090. The van der Waals surface area contributed by atoms with Crippen LogP contribution in [0.25, 0.3) is 0 Å². The van der Waals surface area contributed by atoms with Crippen LogP contribution in [0.5, 0.6) is 0 Å². The van der Waals surface area contributed by atoms with Gasteiger partial charge in [0.15, 0.2) is 0 Å². The smallest absolute Gasteiger partial charge is 0.273 e. The van der Waals surface area contributed by atoms with Crippen LogP contribution in [0.4, 0.5) is 5.69 Å². The van der Waals surface area contributed by atoms with Gasteiger partial charge in [-0.1, -0.05) is 41.9 Å². The molecular weight excluding hydrogens is 438 g/mol. The normalized spacial score (nSPS) is 10.4. The van der Waals surface area contributed by atoms with E-state index in [9.17, 15) is 19.7 Å². The molecule has 0 heterocycles. The van der Waals surface area contributed by atoms with Gasteiger partial charge in [0.25, 0.3) is 11.6 Å². The van der Waals surface area contributed by atoms with Gasteiger partial charge in [-0.25, -0.2) is 0 Å². The third kappa shape index (κ3) is 6.56. The van der Waals surface area contributed by atoms with Crippen molar-refractivity contribution in [3.8, 4) is 0 Å². The molecule has 0 unspecified atom stereocenters. The van der Waals surface area contributed by atoms with Crippen LogP contribution in [0, 0.1) is 10.1 Å². The molecule has 0 bridgehead atoms. The molecule has 2 N–H and O–H groups in total. The molecule has 2 amide bonds. The first-order valence-electron chi connectivity index (χ1n) is 9.21. The number of nitro benzene ring substituents is 1. The average molecular weight is 456 g/mol. The van der Waals surface area contributed by atoms with Crippen molar-refractivity contribution >= 4 is 40.9 Å². The predicted octanol–water partition coefficient (Wildman–Crippen LogP) is 4.54. The van der Waals surface area contributed by atoms with E-state index in [2.05, 4.69) is 10.9 Å². The summed E-state index contributed by atoms with van der Waals surface area (Å²) in [5, 5.41) is 11.7. The Kier molecular flexibility index (Phi) is 7.64. The summed E-state index contributed by atoms with van der Waals surface area (Å²) in [6.07, 6.45) is -0.224. The summed E-state index contributed by atoms with van der Waals surface area (Å²) < 4.78 is 0. The van der Waals surface area contributed by atoms with Crippen LogP contribution in [0.15, 0.2) is 77.7 Å². The maximum atomic E-state index is 12.2. The second kappa shape index (κ2) is 10.6. The largest absolute Gasteiger partial charge is 0.273 e. The number of amides is 2. The van der Waals surface area contributed by atoms with Crippen molar-refractivity contribution in [1.29, 1.82) is 0 Å². The fourth-order valence-corrected chi connectivity index (χ4v) is 3.68. The Morgan fingerprint density at radius 1 is 0.935 bits per heavy atom. The number of hydrogen-bond donors (Lipinski definition) is 2. The van der Waals surface area contributed by atoms with E-state index in [0.717, 1.165) is 16.2 Å². The number of nitrogens with one attached hydrogen (secondary N) is 2. The van der Waals surface area contributed by atoms with Gasteiger partial charge in [0.05, 0.1) is 11.3 Å². The van der Waals surface area contributed by atoms with E-state index in [1.165, 1.54) is 18.2 Å². The van der Waals surface area contributed by atoms with Crippen LogP contribution >= 0.6 is 23.4 Å². The fourth-order valence-electron chi connectivity index (χ4n) is 2.70. The Labute approximate surface area is 187 Å². The summed E-state index contributed by atoms with van der Waals surface area (Å²) >= 11 is 7.53. The van der Waals surface area contributed by atoms with E-state index in [0.29, 0.717) is 10.6 Å². The zero-order valence-corrected chi connectivity index (χ0v) is 17.8. The van der Waals surface area contributed by atoms with Crippen molar-refractivity contribution in [2.24, 2.45) is 0 Å². The summed E-state index contributed by atoms with van der Waals surface area (Å²) in [4.78, 5) is 35.9. The maximum Gasteiger partial charge on any atom is 0.273 e. The molecule has 0 saturated carbocycles. The van der Waals surface area contributed by atoms with Crippen LogP contribution in [0.2, 0.25) is 5.02 Å². The maximum absolute atomic E-state index is 12.2. The van der Waals surface area contributed by atoms with E-state index < -0.39 is 16.7 Å². The summed E-state index contributed by atoms with van der Waals surface area (Å²) in [7, 11) is 0. The number of para-hydroxylation sites is 1. The number of hydrogen-bond acceptors (Lipinski definition) is 5. The van der Waals surface area contributed by atoms with Crippen LogP contribution in [0.3, 0.4) is 0 Å². The summed E-state index contributed by atoms with van der Waals surface area (Å²) in [6, 6.07) is 20.5. The summed E-state index contributed by atoms with van der Waals surface area (Å²) in [5.41, 5.74) is 6.15. The van der Waals surface area contributed by atoms with Crippen molar-refractivity contribution < 1.29 is 14.5 Å². The molecule has 0 aliphatic carbocycles. The molecular formula is C22H18ClN3O4S. The third-order valence-electron chi connectivity index (χ3n) is 4.29. The van der Waals surface area contributed by atoms with Crippen molar-refractivity contribution in [2.45, 2.75) is 17.1 Å². The zero-order valence-electron chi connectivity index (χ0n) is 16.2. The average Bonchev–Trinajstić information content (AvgIpc) is 2.77. The van der Waals surface area contributed by atoms with Gasteiger partial charge in [-0.05, 0) is 42.0 Å². The van der Waals surface area contributed by atoms with Crippen molar-refractivity contribution in [2.75, 3.05) is 0 Å². The minimum atomic E-state index is -0.557. The lowest BCUT2D eigenvalue weighted by Gasteiger charge is -2.08. The van der Waals surface area contributed by atoms with Crippen molar-refractivity contribution in [3.63, 3.8) is 0 Å². The number of nitrogens with zero attached hydrogens (tertiary/aromatic N) is 1. The summed E-state index contributed by atoms with van der Waals surface area (Å²) in [6.45, 7) is 0. The van der Waals surface area contributed by atoms with E-state index in [4.69, 9.17) is 11.6 Å². The first-order valence-corrected chi connectivity index (χ1v) is 10.6. The van der Waals surface area contributed by atoms with E-state index in [-0.39, 0.29) is 17.7 Å². The number of benzene rings is 3. The van der Waals surface area contributed by atoms with E-state index in [1.807, 2.05) is 36.4 Å². The molecule has 0 aliphatic heterocycles. The second-order valence-corrected chi connectivity index (χ2v) is 7.99. The highest BCUT2D eigenvalue weighted by atomic mass is 35.5. The zero-order chi connectivity index (χ0) is 22.2. The van der Waals surface area contributed by atoms with Gasteiger partial charge >= 0.3 is 0 Å². The summed E-state index contributed by atoms with van der Waals surface area (Å²) in [5.74, 6) is -0.303. The molecule has 31 heavy (non-hydrogen) atoms. The lowest BCUT2D eigenvalue weighted by atomic mass is 10.1. The molecule has 7 nitrogen and oxygen atoms in total. The second-order valence-electron chi connectivity index (χ2n) is 6.50. The Morgan fingerprint density at radius 3 is 2.29 bits per heavy atom. The molecule has 0 spiro atoms. The quantitative estimate of drug-likeness (QED) is 0.309. The SMILES string of the molecule is O=C(Cc1ccccc1[N+](=O)[O-])NNC(=O)c1ccc(CSc2ccc(Cl)cc2)cc1. The van der Waals surface area contributed by atoms with Crippen LogP contribution < -0.4 is 10.9 Å². The Hall–Kier alpha value is -3.36. The number of thioether (sulfide) groups is 1. The van der Waals surface area contributed by atoms with Gasteiger partial charge in [0.1, 0.15) is 0 Å². The van der Waals surface area contributed by atoms with Gasteiger partial charge in [-0.2, -0.15) is 0 Å². The van der Waals surface area contributed by atoms with Crippen molar-refractivity contribution in [1.82, 2.24) is 10.9 Å². The van der Waals surface area contributed by atoms with Gasteiger partial charge in [-0.15, -0.1) is 11.8 Å². The molecule has 3 aromatic carbocycles. The minimum absolute atomic E-state index is 0.143. The minimum Gasteiger partial charge on any atom is -0.273 e. The first kappa shape index (κ1) is 22.3. The molecule has 0 saturated heterocycles. The first-order chi connectivity index (χ1) is 14.9. The Balaban J connectivity index is 1.49. The molecule has 3 aromatic rings. The van der Waals surface area contributed by atoms with E-state index >= 15 is 0 Å².